The van der Waals surface area contributed by atoms with Crippen LogP contribution in [0.2, 0.25) is 0 Å². The van der Waals surface area contributed by atoms with Crippen molar-refractivity contribution >= 4 is 12.0 Å². The summed E-state index contributed by atoms with van der Waals surface area (Å²) in [4.78, 5) is 24.3. The highest BCUT2D eigenvalue weighted by Gasteiger charge is 2.20. The van der Waals surface area contributed by atoms with E-state index < -0.39 is 11.7 Å². The molecule has 5 heteroatoms. The van der Waals surface area contributed by atoms with E-state index in [1.165, 1.54) is 11.1 Å². The second-order valence-corrected chi connectivity index (χ2v) is 8.55. The number of rotatable bonds is 5. The van der Waals surface area contributed by atoms with Gasteiger partial charge in [-0.2, -0.15) is 0 Å². The number of carbonyl (C=O) groups is 2. The van der Waals surface area contributed by atoms with Crippen LogP contribution in [0.15, 0.2) is 48.5 Å². The topological polar surface area (TPSA) is 67.4 Å². The summed E-state index contributed by atoms with van der Waals surface area (Å²) in [7, 11) is 0. The first-order chi connectivity index (χ1) is 13.8. The monoisotopic (exact) mass is 394 g/mol. The first kappa shape index (κ1) is 20.9. The lowest BCUT2D eigenvalue weighted by Crippen LogP contribution is -2.32. The van der Waals surface area contributed by atoms with Crippen molar-refractivity contribution in [1.82, 2.24) is 10.6 Å². The van der Waals surface area contributed by atoms with Crippen LogP contribution in [-0.4, -0.2) is 24.1 Å². The van der Waals surface area contributed by atoms with Crippen LogP contribution in [0, 0.1) is 0 Å². The molecule has 2 amide bonds. The molecule has 2 aromatic rings. The Kier molecular flexibility index (Phi) is 6.57. The van der Waals surface area contributed by atoms with Crippen molar-refractivity contribution in [1.29, 1.82) is 0 Å². The highest BCUT2D eigenvalue weighted by atomic mass is 16.6. The zero-order valence-electron chi connectivity index (χ0n) is 17.5. The Morgan fingerprint density at radius 3 is 2.48 bits per heavy atom. The molecule has 1 aliphatic carbocycles. The highest BCUT2D eigenvalue weighted by Crippen LogP contribution is 2.30. The second-order valence-electron chi connectivity index (χ2n) is 8.55. The Balaban J connectivity index is 1.50. The fraction of sp³-hybridized carbons (Fsp3) is 0.417. The Morgan fingerprint density at radius 1 is 1.03 bits per heavy atom. The van der Waals surface area contributed by atoms with Crippen molar-refractivity contribution in [3.8, 4) is 0 Å². The summed E-state index contributed by atoms with van der Waals surface area (Å²) in [5.74, 6) is 0.306. The van der Waals surface area contributed by atoms with Crippen LogP contribution in [0.25, 0.3) is 0 Å². The quantitative estimate of drug-likeness (QED) is 0.781. The minimum Gasteiger partial charge on any atom is -0.444 e. The highest BCUT2D eigenvalue weighted by molar-refractivity contribution is 5.94. The van der Waals surface area contributed by atoms with Crippen LogP contribution in [0.3, 0.4) is 0 Å². The van der Waals surface area contributed by atoms with Crippen molar-refractivity contribution in [3.05, 3.63) is 70.8 Å². The number of nitrogens with one attached hydrogen (secondary N) is 2. The van der Waals surface area contributed by atoms with Crippen LogP contribution in [0.5, 0.6) is 0 Å². The van der Waals surface area contributed by atoms with E-state index in [2.05, 4.69) is 34.9 Å². The van der Waals surface area contributed by atoms with Crippen LogP contribution >= 0.6 is 0 Å². The van der Waals surface area contributed by atoms with Crippen LogP contribution in [0.4, 0.5) is 4.79 Å². The Bertz CT molecular complexity index is 853. The van der Waals surface area contributed by atoms with Gasteiger partial charge in [-0.1, -0.05) is 36.4 Å². The summed E-state index contributed by atoms with van der Waals surface area (Å²) in [6.07, 6.45) is 2.94. The number of ether oxygens (including phenoxy) is 1. The largest absolute Gasteiger partial charge is 0.444 e. The van der Waals surface area contributed by atoms with Gasteiger partial charge in [0.05, 0.1) is 0 Å². The molecule has 0 saturated heterocycles. The molecule has 0 fully saturated rings. The van der Waals surface area contributed by atoms with Gasteiger partial charge >= 0.3 is 6.09 Å². The van der Waals surface area contributed by atoms with Crippen LogP contribution in [-0.2, 0) is 17.7 Å². The number of amides is 2. The molecule has 0 aliphatic heterocycles. The molecule has 154 valence electrons. The van der Waals surface area contributed by atoms with Gasteiger partial charge in [0.1, 0.15) is 5.60 Å². The van der Waals surface area contributed by atoms with E-state index in [1.54, 1.807) is 12.1 Å². The van der Waals surface area contributed by atoms with Crippen molar-refractivity contribution in [3.63, 3.8) is 0 Å². The second kappa shape index (κ2) is 9.12. The number of aryl methyl sites for hydroxylation is 1. The van der Waals surface area contributed by atoms with Crippen molar-refractivity contribution in [2.45, 2.75) is 58.1 Å². The average molecular weight is 395 g/mol. The van der Waals surface area contributed by atoms with Crippen molar-refractivity contribution in [2.24, 2.45) is 0 Å². The standard InChI is InChI=1S/C24H30N2O3/c1-24(2,3)29-23(28)26-15-17-11-13-19(14-12-17)22(27)25-16-20-9-6-8-18-7-4-5-10-21(18)20/h4-5,7,10-14,20H,6,8-9,15-16H2,1-3H3,(H,25,27)(H,26,28). The van der Waals surface area contributed by atoms with Crippen molar-refractivity contribution in [2.75, 3.05) is 6.54 Å². The van der Waals surface area contributed by atoms with Crippen LogP contribution < -0.4 is 10.6 Å². The zero-order chi connectivity index (χ0) is 20.9. The number of hydrogen-bond acceptors (Lipinski definition) is 3. The molecule has 5 nitrogen and oxygen atoms in total. The van der Waals surface area contributed by atoms with E-state index >= 15 is 0 Å². The summed E-state index contributed by atoms with van der Waals surface area (Å²) >= 11 is 0. The summed E-state index contributed by atoms with van der Waals surface area (Å²) in [5, 5.41) is 5.80. The SMILES string of the molecule is CC(C)(C)OC(=O)NCc1ccc(C(=O)NCC2CCCc3ccccc32)cc1. The van der Waals surface area contributed by atoms with Gasteiger partial charge in [-0.05, 0) is 68.9 Å². The van der Waals surface area contributed by atoms with Crippen molar-refractivity contribution < 1.29 is 14.3 Å². The molecule has 3 rings (SSSR count). The van der Waals surface area contributed by atoms with Gasteiger partial charge in [0, 0.05) is 24.6 Å². The molecule has 1 atom stereocenters. The minimum absolute atomic E-state index is 0.0697. The average Bonchev–Trinajstić information content (AvgIpc) is 2.69. The number of benzene rings is 2. The maximum absolute atomic E-state index is 12.5. The van der Waals surface area contributed by atoms with E-state index in [0.717, 1.165) is 24.8 Å². The van der Waals surface area contributed by atoms with Crippen LogP contribution in [0.1, 0.15) is 66.6 Å². The van der Waals surface area contributed by atoms with E-state index in [0.29, 0.717) is 24.6 Å². The summed E-state index contributed by atoms with van der Waals surface area (Å²) < 4.78 is 5.22. The Hall–Kier alpha value is -2.82. The Labute approximate surface area is 172 Å². The van der Waals surface area contributed by atoms with Gasteiger partial charge < -0.3 is 15.4 Å². The summed E-state index contributed by atoms with van der Waals surface area (Å²) in [6, 6.07) is 15.8. The number of hydrogen-bond donors (Lipinski definition) is 2. The van der Waals surface area contributed by atoms with Gasteiger partial charge in [-0.15, -0.1) is 0 Å². The van der Waals surface area contributed by atoms with Gasteiger partial charge in [0.15, 0.2) is 0 Å². The zero-order valence-corrected chi connectivity index (χ0v) is 17.5. The predicted molar refractivity (Wildman–Crippen MR) is 114 cm³/mol. The Morgan fingerprint density at radius 2 is 1.76 bits per heavy atom. The molecule has 1 unspecified atom stereocenters. The number of alkyl carbamates (subject to hydrolysis) is 1. The summed E-state index contributed by atoms with van der Waals surface area (Å²) in [5.41, 5.74) is 3.77. The first-order valence-corrected chi connectivity index (χ1v) is 10.2. The number of carbonyl (C=O) groups excluding carboxylic acids is 2. The van der Waals surface area contributed by atoms with Gasteiger partial charge in [0.2, 0.25) is 0 Å². The van der Waals surface area contributed by atoms with E-state index in [4.69, 9.17) is 4.74 Å². The molecule has 0 aromatic heterocycles. The smallest absolute Gasteiger partial charge is 0.407 e. The molecule has 2 N–H and O–H groups in total. The fourth-order valence-corrected chi connectivity index (χ4v) is 3.65. The minimum atomic E-state index is -0.523. The molecule has 2 aromatic carbocycles. The molecular formula is C24H30N2O3. The lowest BCUT2D eigenvalue weighted by atomic mass is 9.83. The first-order valence-electron chi connectivity index (χ1n) is 10.2. The molecule has 0 radical (unpaired) electrons. The third kappa shape index (κ3) is 6.08. The third-order valence-corrected chi connectivity index (χ3v) is 5.05. The maximum Gasteiger partial charge on any atom is 0.407 e. The molecule has 0 heterocycles. The molecular weight excluding hydrogens is 364 g/mol. The van der Waals surface area contributed by atoms with E-state index in [1.807, 2.05) is 32.9 Å². The van der Waals surface area contributed by atoms with Gasteiger partial charge in [-0.25, -0.2) is 4.79 Å². The molecule has 29 heavy (non-hydrogen) atoms. The molecule has 0 bridgehead atoms. The van der Waals surface area contributed by atoms with E-state index in [9.17, 15) is 9.59 Å². The molecule has 0 saturated carbocycles. The summed E-state index contributed by atoms with van der Waals surface area (Å²) in [6.45, 7) is 6.48. The third-order valence-electron chi connectivity index (χ3n) is 5.05. The predicted octanol–water partition coefficient (Wildman–Crippen LogP) is 4.56. The normalized spacial score (nSPS) is 15.9. The maximum atomic E-state index is 12.5. The molecule has 0 spiro atoms. The number of fused-ring (bicyclic) bond motifs is 1. The lowest BCUT2D eigenvalue weighted by molar-refractivity contribution is 0.0523. The van der Waals surface area contributed by atoms with Gasteiger partial charge in [0.25, 0.3) is 5.91 Å². The fourth-order valence-electron chi connectivity index (χ4n) is 3.65. The van der Waals surface area contributed by atoms with E-state index in [-0.39, 0.29) is 5.91 Å². The van der Waals surface area contributed by atoms with Gasteiger partial charge in [-0.3, -0.25) is 4.79 Å². The molecule has 1 aliphatic rings. The lowest BCUT2D eigenvalue weighted by Gasteiger charge is -2.25.